The van der Waals surface area contributed by atoms with E-state index in [1.807, 2.05) is 0 Å². The van der Waals surface area contributed by atoms with E-state index < -0.39 is 0 Å². The first-order chi connectivity index (χ1) is 12.7. The zero-order valence-corrected chi connectivity index (χ0v) is 15.9. The lowest BCUT2D eigenvalue weighted by Crippen LogP contribution is -2.32. The molecular formula is C19H21ClN2O3S. The molecule has 1 atom stereocenters. The van der Waals surface area contributed by atoms with Gasteiger partial charge < -0.3 is 14.8 Å². The molecule has 2 aliphatic heterocycles. The van der Waals surface area contributed by atoms with Gasteiger partial charge in [-0.05, 0) is 30.8 Å². The summed E-state index contributed by atoms with van der Waals surface area (Å²) in [7, 11) is 0. The van der Waals surface area contributed by atoms with Crippen LogP contribution in [-0.2, 0) is 4.79 Å². The molecule has 0 bridgehead atoms. The maximum atomic E-state index is 12.6. The summed E-state index contributed by atoms with van der Waals surface area (Å²) in [4.78, 5) is 16.1. The molecule has 5 nitrogen and oxygen atoms in total. The number of fused-ring (bicyclic) bond motifs is 1. The highest BCUT2D eigenvalue weighted by atomic mass is 35.5. The number of likely N-dealkylation sites (tertiary alicyclic amines) is 1. The summed E-state index contributed by atoms with van der Waals surface area (Å²) in [5.41, 5.74) is 0.563. The molecule has 3 heterocycles. The number of hydrogen-bond donors (Lipinski definition) is 1. The summed E-state index contributed by atoms with van der Waals surface area (Å²) < 4.78 is 11.3. The van der Waals surface area contributed by atoms with Crippen LogP contribution in [0.15, 0.2) is 29.6 Å². The molecule has 2 aromatic rings. The second-order valence-electron chi connectivity index (χ2n) is 6.52. The van der Waals surface area contributed by atoms with Crippen molar-refractivity contribution >= 4 is 34.5 Å². The van der Waals surface area contributed by atoms with Crippen LogP contribution in [0, 0.1) is 0 Å². The summed E-state index contributed by atoms with van der Waals surface area (Å²) in [5, 5.41) is 5.47. The van der Waals surface area contributed by atoms with E-state index in [2.05, 4.69) is 27.7 Å². The molecule has 1 saturated heterocycles. The van der Waals surface area contributed by atoms with Gasteiger partial charge in [0.05, 0.1) is 30.5 Å². The van der Waals surface area contributed by atoms with Crippen molar-refractivity contribution in [1.29, 1.82) is 0 Å². The molecular weight excluding hydrogens is 372 g/mol. The van der Waals surface area contributed by atoms with Crippen molar-refractivity contribution in [2.45, 2.75) is 25.3 Å². The van der Waals surface area contributed by atoms with Crippen LogP contribution >= 0.6 is 22.9 Å². The number of hydrogen-bond acceptors (Lipinski definition) is 5. The van der Waals surface area contributed by atoms with Gasteiger partial charge in [-0.1, -0.05) is 17.7 Å². The van der Waals surface area contributed by atoms with Gasteiger partial charge in [-0.25, -0.2) is 0 Å². The summed E-state index contributed by atoms with van der Waals surface area (Å²) >= 11 is 8.07. The molecule has 4 rings (SSSR count). The minimum Gasteiger partial charge on any atom is -0.490 e. The van der Waals surface area contributed by atoms with Gasteiger partial charge in [-0.2, -0.15) is 0 Å². The lowest BCUT2D eigenvalue weighted by atomic mass is 10.2. The fourth-order valence-corrected chi connectivity index (χ4v) is 4.57. The molecule has 0 aliphatic carbocycles. The predicted molar refractivity (Wildman–Crippen MR) is 104 cm³/mol. The molecule has 7 heteroatoms. The molecule has 26 heavy (non-hydrogen) atoms. The number of thiophene rings is 1. The standard InChI is InChI=1S/C19H21ClN2O3S/c20-13-10-16-17(25-8-3-7-24-16)11-14(13)21-19(23)12-22-6-1-4-15(22)18-5-2-9-26-18/h2,5,9-11,15H,1,3-4,6-8,12H2,(H,21,23). The summed E-state index contributed by atoms with van der Waals surface area (Å²) in [6, 6.07) is 8.00. The van der Waals surface area contributed by atoms with Crippen LogP contribution in [-0.4, -0.2) is 37.1 Å². The van der Waals surface area contributed by atoms with Crippen LogP contribution in [0.5, 0.6) is 11.5 Å². The predicted octanol–water partition coefficient (Wildman–Crippen LogP) is 4.34. The summed E-state index contributed by atoms with van der Waals surface area (Å²) in [6.07, 6.45) is 3.03. The minimum atomic E-state index is -0.0650. The fraction of sp³-hybridized carbons (Fsp3) is 0.421. The Morgan fingerprint density at radius 1 is 1.27 bits per heavy atom. The Balaban J connectivity index is 1.44. The topological polar surface area (TPSA) is 50.8 Å². The van der Waals surface area contributed by atoms with Crippen molar-refractivity contribution in [2.24, 2.45) is 0 Å². The molecule has 1 aromatic heterocycles. The lowest BCUT2D eigenvalue weighted by molar-refractivity contribution is -0.117. The maximum Gasteiger partial charge on any atom is 0.238 e. The van der Waals surface area contributed by atoms with E-state index in [1.54, 1.807) is 23.5 Å². The first kappa shape index (κ1) is 17.6. The second kappa shape index (κ2) is 7.86. The highest BCUT2D eigenvalue weighted by molar-refractivity contribution is 7.10. The zero-order valence-electron chi connectivity index (χ0n) is 14.4. The van der Waals surface area contributed by atoms with Gasteiger partial charge in [0.25, 0.3) is 0 Å². The number of nitrogens with one attached hydrogen (secondary N) is 1. The third kappa shape index (κ3) is 3.82. The summed E-state index contributed by atoms with van der Waals surface area (Å²) in [6.45, 7) is 2.49. The Morgan fingerprint density at radius 2 is 2.08 bits per heavy atom. The highest BCUT2D eigenvalue weighted by Crippen LogP contribution is 2.38. The normalized spacial score (nSPS) is 20.0. The molecule has 1 N–H and O–H groups in total. The van der Waals surface area contributed by atoms with Crippen LogP contribution in [0.25, 0.3) is 0 Å². The number of nitrogens with zero attached hydrogens (tertiary/aromatic N) is 1. The first-order valence-corrected chi connectivity index (χ1v) is 10.1. The highest BCUT2D eigenvalue weighted by Gasteiger charge is 2.28. The smallest absolute Gasteiger partial charge is 0.238 e. The SMILES string of the molecule is O=C(CN1CCCC1c1cccs1)Nc1cc2c(cc1Cl)OCCCO2. The van der Waals surface area contributed by atoms with E-state index in [0.29, 0.717) is 48.0 Å². The van der Waals surface area contributed by atoms with Gasteiger partial charge >= 0.3 is 0 Å². The second-order valence-corrected chi connectivity index (χ2v) is 7.91. The van der Waals surface area contributed by atoms with Crippen molar-refractivity contribution in [3.63, 3.8) is 0 Å². The van der Waals surface area contributed by atoms with Gasteiger partial charge in [0, 0.05) is 29.5 Å². The summed E-state index contributed by atoms with van der Waals surface area (Å²) in [5.74, 6) is 1.19. The van der Waals surface area contributed by atoms with Crippen molar-refractivity contribution in [3.05, 3.63) is 39.5 Å². The number of carbonyl (C=O) groups is 1. The number of ether oxygens (including phenoxy) is 2. The van der Waals surface area contributed by atoms with E-state index in [4.69, 9.17) is 21.1 Å². The number of rotatable bonds is 4. The van der Waals surface area contributed by atoms with Gasteiger partial charge in [0.2, 0.25) is 5.91 Å². The van der Waals surface area contributed by atoms with Gasteiger partial charge in [-0.3, -0.25) is 9.69 Å². The van der Waals surface area contributed by atoms with E-state index in [9.17, 15) is 4.79 Å². The average Bonchev–Trinajstić information content (AvgIpc) is 3.24. The number of anilines is 1. The Labute approximate surface area is 161 Å². The number of carbonyl (C=O) groups excluding carboxylic acids is 1. The van der Waals surface area contributed by atoms with E-state index in [1.165, 1.54) is 4.88 Å². The Bertz CT molecular complexity index is 781. The lowest BCUT2D eigenvalue weighted by Gasteiger charge is -2.23. The number of amides is 1. The molecule has 0 radical (unpaired) electrons. The third-order valence-electron chi connectivity index (χ3n) is 4.69. The van der Waals surface area contributed by atoms with Gasteiger partial charge in [0.1, 0.15) is 0 Å². The molecule has 1 amide bonds. The molecule has 1 unspecified atom stereocenters. The molecule has 2 aliphatic rings. The van der Waals surface area contributed by atoms with Crippen molar-refractivity contribution in [1.82, 2.24) is 4.90 Å². The quantitative estimate of drug-likeness (QED) is 0.840. The van der Waals surface area contributed by atoms with Crippen molar-refractivity contribution in [3.8, 4) is 11.5 Å². The van der Waals surface area contributed by atoms with Gasteiger partial charge in [-0.15, -0.1) is 11.3 Å². The van der Waals surface area contributed by atoms with Crippen molar-refractivity contribution in [2.75, 3.05) is 31.6 Å². The average molecular weight is 393 g/mol. The number of benzene rings is 1. The molecule has 1 aromatic carbocycles. The van der Waals surface area contributed by atoms with Crippen molar-refractivity contribution < 1.29 is 14.3 Å². The Morgan fingerprint density at radius 3 is 2.85 bits per heavy atom. The zero-order chi connectivity index (χ0) is 17.9. The van der Waals surface area contributed by atoms with E-state index in [0.717, 1.165) is 25.8 Å². The largest absolute Gasteiger partial charge is 0.490 e. The van der Waals surface area contributed by atoms with Crippen LogP contribution in [0.4, 0.5) is 5.69 Å². The van der Waals surface area contributed by atoms with Crippen LogP contribution in [0.1, 0.15) is 30.2 Å². The maximum absolute atomic E-state index is 12.6. The van der Waals surface area contributed by atoms with Gasteiger partial charge in [0.15, 0.2) is 11.5 Å². The van der Waals surface area contributed by atoms with E-state index in [-0.39, 0.29) is 5.91 Å². The minimum absolute atomic E-state index is 0.0650. The van der Waals surface area contributed by atoms with Crippen LogP contribution < -0.4 is 14.8 Å². The fourth-order valence-electron chi connectivity index (χ4n) is 3.47. The third-order valence-corrected chi connectivity index (χ3v) is 5.98. The molecule has 1 fully saturated rings. The van der Waals surface area contributed by atoms with E-state index >= 15 is 0 Å². The Hall–Kier alpha value is -1.76. The molecule has 138 valence electrons. The molecule has 0 saturated carbocycles. The molecule has 0 spiro atoms. The first-order valence-electron chi connectivity index (χ1n) is 8.87. The van der Waals surface area contributed by atoms with Crippen LogP contribution in [0.2, 0.25) is 5.02 Å². The number of halogens is 1. The monoisotopic (exact) mass is 392 g/mol. The Kier molecular flexibility index (Phi) is 5.33. The van der Waals surface area contributed by atoms with Crippen LogP contribution in [0.3, 0.4) is 0 Å².